The Labute approximate surface area is 112 Å². The second kappa shape index (κ2) is 5.73. The van der Waals surface area contributed by atoms with Crippen molar-refractivity contribution in [3.63, 3.8) is 0 Å². The van der Waals surface area contributed by atoms with Crippen LogP contribution in [0.4, 0.5) is 13.2 Å². The summed E-state index contributed by atoms with van der Waals surface area (Å²) in [5, 5.41) is 0. The number of carbonyl (C=O) groups excluding carboxylic acids is 1. The third-order valence-corrected chi connectivity index (χ3v) is 3.23. The minimum absolute atomic E-state index is 0.118. The monoisotopic (exact) mass is 323 g/mol. The zero-order valence-electron chi connectivity index (χ0n) is 10.0. The van der Waals surface area contributed by atoms with E-state index in [9.17, 15) is 18.0 Å². The van der Waals surface area contributed by atoms with Gasteiger partial charge in [0.1, 0.15) is 0 Å². The first kappa shape index (κ1) is 15.0. The summed E-state index contributed by atoms with van der Waals surface area (Å²) in [7, 11) is 0. The Balaban J connectivity index is 3.08. The molecule has 0 unspecified atom stereocenters. The Morgan fingerprint density at radius 1 is 1.28 bits per heavy atom. The maximum Gasteiger partial charge on any atom is 0.417 e. The number of rotatable bonds is 3. The highest BCUT2D eigenvalue weighted by Gasteiger charge is 2.33. The minimum Gasteiger partial charge on any atom is -0.339 e. The van der Waals surface area contributed by atoms with E-state index in [-0.39, 0.29) is 15.9 Å². The molecule has 0 spiro atoms. The number of hydrogen-bond acceptors (Lipinski definition) is 1. The smallest absolute Gasteiger partial charge is 0.339 e. The lowest BCUT2D eigenvalue weighted by molar-refractivity contribution is -0.138. The van der Waals surface area contributed by atoms with Crippen molar-refractivity contribution in [1.82, 2.24) is 4.90 Å². The van der Waals surface area contributed by atoms with E-state index in [0.29, 0.717) is 13.1 Å². The van der Waals surface area contributed by atoms with E-state index in [2.05, 4.69) is 15.9 Å². The standard InChI is InChI=1S/C12H13BrF3NO/c1-3-17(4-2)11(18)8-5-6-9(10(13)7-8)12(14,15)16/h5-7H,3-4H2,1-2H3. The average Bonchev–Trinajstić information content (AvgIpc) is 2.28. The van der Waals surface area contributed by atoms with Gasteiger partial charge in [0.25, 0.3) is 5.91 Å². The van der Waals surface area contributed by atoms with Crippen LogP contribution in [0.1, 0.15) is 29.8 Å². The molecule has 6 heteroatoms. The predicted molar refractivity (Wildman–Crippen MR) is 66.4 cm³/mol. The van der Waals surface area contributed by atoms with Crippen molar-refractivity contribution in [3.8, 4) is 0 Å². The molecule has 0 heterocycles. The molecule has 0 saturated heterocycles. The van der Waals surface area contributed by atoms with Crippen molar-refractivity contribution >= 4 is 21.8 Å². The number of amides is 1. The zero-order chi connectivity index (χ0) is 13.9. The molecule has 100 valence electrons. The summed E-state index contributed by atoms with van der Waals surface area (Å²) in [6.45, 7) is 4.68. The van der Waals surface area contributed by atoms with Crippen LogP contribution in [-0.2, 0) is 6.18 Å². The molecule has 0 N–H and O–H groups in total. The SMILES string of the molecule is CCN(CC)C(=O)c1ccc(C(F)(F)F)c(Br)c1. The van der Waals surface area contributed by atoms with E-state index >= 15 is 0 Å². The molecule has 0 aliphatic carbocycles. The van der Waals surface area contributed by atoms with Crippen LogP contribution in [0.2, 0.25) is 0 Å². The number of nitrogens with zero attached hydrogens (tertiary/aromatic N) is 1. The second-order valence-corrected chi connectivity index (χ2v) is 4.52. The van der Waals surface area contributed by atoms with Gasteiger partial charge in [-0.05, 0) is 32.0 Å². The Hall–Kier alpha value is -1.04. The topological polar surface area (TPSA) is 20.3 Å². The van der Waals surface area contributed by atoms with Crippen molar-refractivity contribution in [3.05, 3.63) is 33.8 Å². The number of carbonyl (C=O) groups is 1. The highest BCUT2D eigenvalue weighted by molar-refractivity contribution is 9.10. The van der Waals surface area contributed by atoms with Gasteiger partial charge in [-0.1, -0.05) is 15.9 Å². The molecular formula is C12H13BrF3NO. The first-order chi connectivity index (χ1) is 8.31. The molecule has 2 nitrogen and oxygen atoms in total. The molecule has 1 rings (SSSR count). The Morgan fingerprint density at radius 2 is 1.83 bits per heavy atom. The van der Waals surface area contributed by atoms with E-state index in [1.807, 2.05) is 13.8 Å². The maximum atomic E-state index is 12.5. The van der Waals surface area contributed by atoms with Crippen molar-refractivity contribution in [2.75, 3.05) is 13.1 Å². The molecular weight excluding hydrogens is 311 g/mol. The number of alkyl halides is 3. The fourth-order valence-corrected chi connectivity index (χ4v) is 2.18. The van der Waals surface area contributed by atoms with Crippen LogP contribution in [0, 0.1) is 0 Å². The molecule has 0 radical (unpaired) electrons. The fourth-order valence-electron chi connectivity index (χ4n) is 1.57. The minimum atomic E-state index is -4.42. The van der Waals surface area contributed by atoms with Gasteiger partial charge in [0.05, 0.1) is 5.56 Å². The lowest BCUT2D eigenvalue weighted by Crippen LogP contribution is -2.30. The third-order valence-electron chi connectivity index (χ3n) is 2.57. The van der Waals surface area contributed by atoms with Crippen LogP contribution < -0.4 is 0 Å². The van der Waals surface area contributed by atoms with Gasteiger partial charge in [-0.15, -0.1) is 0 Å². The van der Waals surface area contributed by atoms with Gasteiger partial charge in [0, 0.05) is 23.1 Å². The quantitative estimate of drug-likeness (QED) is 0.824. The van der Waals surface area contributed by atoms with Gasteiger partial charge in [0.2, 0.25) is 0 Å². The largest absolute Gasteiger partial charge is 0.417 e. The van der Waals surface area contributed by atoms with E-state index < -0.39 is 11.7 Å². The van der Waals surface area contributed by atoms with E-state index in [4.69, 9.17) is 0 Å². The Bertz CT molecular complexity index is 441. The molecule has 0 atom stereocenters. The summed E-state index contributed by atoms with van der Waals surface area (Å²) in [6.07, 6.45) is -4.42. The van der Waals surface area contributed by atoms with Gasteiger partial charge in [-0.25, -0.2) is 0 Å². The van der Waals surface area contributed by atoms with E-state index in [0.717, 1.165) is 6.07 Å². The number of hydrogen-bond donors (Lipinski definition) is 0. The third kappa shape index (κ3) is 3.25. The van der Waals surface area contributed by atoms with E-state index in [1.165, 1.54) is 12.1 Å². The van der Waals surface area contributed by atoms with Crippen molar-refractivity contribution < 1.29 is 18.0 Å². The number of benzene rings is 1. The van der Waals surface area contributed by atoms with Crippen LogP contribution >= 0.6 is 15.9 Å². The van der Waals surface area contributed by atoms with Crippen molar-refractivity contribution in [2.45, 2.75) is 20.0 Å². The molecule has 0 aliphatic heterocycles. The van der Waals surface area contributed by atoms with Crippen LogP contribution in [0.3, 0.4) is 0 Å². The van der Waals surface area contributed by atoms with Crippen LogP contribution in [0.5, 0.6) is 0 Å². The maximum absolute atomic E-state index is 12.5. The van der Waals surface area contributed by atoms with Crippen molar-refractivity contribution in [1.29, 1.82) is 0 Å². The molecule has 0 aromatic heterocycles. The molecule has 0 fully saturated rings. The summed E-state index contributed by atoms with van der Waals surface area (Å²) in [5.74, 6) is -0.269. The summed E-state index contributed by atoms with van der Waals surface area (Å²) in [6, 6.07) is 3.33. The average molecular weight is 324 g/mol. The first-order valence-corrected chi connectivity index (χ1v) is 6.26. The normalized spacial score (nSPS) is 11.4. The fraction of sp³-hybridized carbons (Fsp3) is 0.417. The van der Waals surface area contributed by atoms with Crippen molar-refractivity contribution in [2.24, 2.45) is 0 Å². The molecule has 0 saturated carbocycles. The summed E-state index contributed by atoms with van der Waals surface area (Å²) < 4.78 is 37.5. The summed E-state index contributed by atoms with van der Waals surface area (Å²) in [5.41, 5.74) is -0.530. The van der Waals surface area contributed by atoms with E-state index in [1.54, 1.807) is 4.90 Å². The zero-order valence-corrected chi connectivity index (χ0v) is 11.6. The molecule has 1 aromatic rings. The highest BCUT2D eigenvalue weighted by Crippen LogP contribution is 2.35. The predicted octanol–water partition coefficient (Wildman–Crippen LogP) is 3.95. The van der Waals surface area contributed by atoms with Gasteiger partial charge in [-0.3, -0.25) is 4.79 Å². The van der Waals surface area contributed by atoms with Gasteiger partial charge < -0.3 is 4.90 Å². The number of halogens is 4. The van der Waals surface area contributed by atoms with Crippen LogP contribution in [0.25, 0.3) is 0 Å². The summed E-state index contributed by atoms with van der Waals surface area (Å²) >= 11 is 2.85. The molecule has 0 aliphatic rings. The molecule has 1 amide bonds. The van der Waals surface area contributed by atoms with Gasteiger partial charge in [-0.2, -0.15) is 13.2 Å². The molecule has 0 bridgehead atoms. The first-order valence-electron chi connectivity index (χ1n) is 5.47. The van der Waals surface area contributed by atoms with Gasteiger partial charge >= 0.3 is 6.18 Å². The van der Waals surface area contributed by atoms with Crippen LogP contribution in [-0.4, -0.2) is 23.9 Å². The summed E-state index contributed by atoms with van der Waals surface area (Å²) in [4.78, 5) is 13.5. The lowest BCUT2D eigenvalue weighted by Gasteiger charge is -2.19. The van der Waals surface area contributed by atoms with Gasteiger partial charge in [0.15, 0.2) is 0 Å². The highest BCUT2D eigenvalue weighted by atomic mass is 79.9. The Morgan fingerprint density at radius 3 is 2.22 bits per heavy atom. The Kier molecular flexibility index (Phi) is 4.78. The second-order valence-electron chi connectivity index (χ2n) is 3.67. The molecule has 1 aromatic carbocycles. The van der Waals surface area contributed by atoms with Crippen LogP contribution in [0.15, 0.2) is 22.7 Å². The lowest BCUT2D eigenvalue weighted by atomic mass is 10.1. The molecule has 18 heavy (non-hydrogen) atoms.